The molecule has 7 nitrogen and oxygen atoms in total. The van der Waals surface area contributed by atoms with Crippen LogP contribution in [0.15, 0.2) is 47.4 Å². The Balaban J connectivity index is 1.90. The van der Waals surface area contributed by atoms with E-state index in [2.05, 4.69) is 10.0 Å². The normalized spacial score (nSPS) is 12.3. The Kier molecular flexibility index (Phi) is 7.42. The smallest absolute Gasteiger partial charge is 0.241 e. The van der Waals surface area contributed by atoms with E-state index in [0.29, 0.717) is 24.3 Å². The van der Waals surface area contributed by atoms with Gasteiger partial charge in [-0.05, 0) is 61.7 Å². The highest BCUT2D eigenvalue weighted by atomic mass is 32.2. The van der Waals surface area contributed by atoms with Crippen LogP contribution in [0, 0.1) is 6.92 Å². The summed E-state index contributed by atoms with van der Waals surface area (Å²) in [6.07, 6.45) is 0.632. The minimum Gasteiger partial charge on any atom is -0.497 e. The van der Waals surface area contributed by atoms with Crippen LogP contribution < -0.4 is 19.5 Å². The van der Waals surface area contributed by atoms with Crippen molar-refractivity contribution >= 4 is 15.9 Å². The van der Waals surface area contributed by atoms with Crippen molar-refractivity contribution in [3.8, 4) is 11.5 Å². The van der Waals surface area contributed by atoms with Gasteiger partial charge in [0.15, 0.2) is 0 Å². The molecule has 0 aromatic heterocycles. The van der Waals surface area contributed by atoms with Gasteiger partial charge in [0, 0.05) is 6.54 Å². The van der Waals surface area contributed by atoms with Gasteiger partial charge in [0.1, 0.15) is 11.5 Å². The summed E-state index contributed by atoms with van der Waals surface area (Å²) in [4.78, 5) is 12.3. The van der Waals surface area contributed by atoms with Crippen LogP contribution in [0.25, 0.3) is 0 Å². The van der Waals surface area contributed by atoms with Crippen molar-refractivity contribution in [2.45, 2.75) is 31.2 Å². The number of amides is 1. The number of methoxy groups -OCH3 is 2. The molecular weight excluding hydrogens is 380 g/mol. The first-order chi connectivity index (χ1) is 13.3. The maximum atomic E-state index is 12.5. The minimum atomic E-state index is -3.82. The molecule has 0 spiro atoms. The Morgan fingerprint density at radius 2 is 1.75 bits per heavy atom. The Labute approximate surface area is 166 Å². The molecule has 2 aromatic rings. The highest BCUT2D eigenvalue weighted by Crippen LogP contribution is 2.21. The molecule has 0 radical (unpaired) electrons. The monoisotopic (exact) mass is 406 g/mol. The highest BCUT2D eigenvalue weighted by Gasteiger charge is 2.22. The van der Waals surface area contributed by atoms with Crippen molar-refractivity contribution in [3.05, 3.63) is 53.6 Å². The van der Waals surface area contributed by atoms with Gasteiger partial charge in [-0.15, -0.1) is 0 Å². The standard InChI is InChI=1S/C20H26N2O5S/c1-14-13-18(9-10-19(14)27-4)28(24,25)22-15(2)20(23)21-12-11-16-5-7-17(26-3)8-6-16/h5-10,13,15,22H,11-12H2,1-4H3,(H,21,23)/t15-/m1/s1. The summed E-state index contributed by atoms with van der Waals surface area (Å²) in [5.74, 6) is 0.982. The predicted molar refractivity (Wildman–Crippen MR) is 107 cm³/mol. The summed E-state index contributed by atoms with van der Waals surface area (Å²) >= 11 is 0. The first-order valence-electron chi connectivity index (χ1n) is 8.84. The fraction of sp³-hybridized carbons (Fsp3) is 0.350. The van der Waals surface area contributed by atoms with Gasteiger partial charge in [0.25, 0.3) is 0 Å². The van der Waals surface area contributed by atoms with Gasteiger partial charge in [0.05, 0.1) is 25.2 Å². The molecule has 8 heteroatoms. The van der Waals surface area contributed by atoms with Gasteiger partial charge < -0.3 is 14.8 Å². The quantitative estimate of drug-likeness (QED) is 0.665. The number of aryl methyl sites for hydroxylation is 1. The van der Waals surface area contributed by atoms with E-state index < -0.39 is 16.1 Å². The van der Waals surface area contributed by atoms with Crippen LogP contribution in [0.3, 0.4) is 0 Å². The van der Waals surface area contributed by atoms with E-state index in [1.807, 2.05) is 24.3 Å². The lowest BCUT2D eigenvalue weighted by atomic mass is 10.1. The third-order valence-electron chi connectivity index (χ3n) is 4.27. The van der Waals surface area contributed by atoms with Gasteiger partial charge in [-0.3, -0.25) is 4.79 Å². The first-order valence-corrected chi connectivity index (χ1v) is 10.3. The van der Waals surface area contributed by atoms with Gasteiger partial charge in [-0.2, -0.15) is 4.72 Å². The molecule has 0 aliphatic carbocycles. The van der Waals surface area contributed by atoms with Crippen molar-refractivity contribution in [1.82, 2.24) is 10.0 Å². The van der Waals surface area contributed by atoms with Gasteiger partial charge in [-0.25, -0.2) is 8.42 Å². The largest absolute Gasteiger partial charge is 0.497 e. The lowest BCUT2D eigenvalue weighted by molar-refractivity contribution is -0.122. The minimum absolute atomic E-state index is 0.0867. The number of hydrogen-bond donors (Lipinski definition) is 2. The fourth-order valence-corrected chi connectivity index (χ4v) is 3.94. The molecule has 0 bridgehead atoms. The Morgan fingerprint density at radius 3 is 2.32 bits per heavy atom. The fourth-order valence-electron chi connectivity index (χ4n) is 2.65. The highest BCUT2D eigenvalue weighted by molar-refractivity contribution is 7.89. The van der Waals surface area contributed by atoms with Crippen LogP contribution in [-0.2, 0) is 21.2 Å². The maximum absolute atomic E-state index is 12.5. The number of ether oxygens (including phenoxy) is 2. The van der Waals surface area contributed by atoms with E-state index in [4.69, 9.17) is 9.47 Å². The van der Waals surface area contributed by atoms with E-state index in [-0.39, 0.29) is 10.8 Å². The second kappa shape index (κ2) is 9.57. The van der Waals surface area contributed by atoms with E-state index >= 15 is 0 Å². The number of hydrogen-bond acceptors (Lipinski definition) is 5. The number of nitrogens with one attached hydrogen (secondary N) is 2. The topological polar surface area (TPSA) is 93.7 Å². The summed E-state index contributed by atoms with van der Waals surface area (Å²) < 4.78 is 37.7. The molecule has 0 saturated carbocycles. The molecule has 152 valence electrons. The Hall–Kier alpha value is -2.58. The summed E-state index contributed by atoms with van der Waals surface area (Å²) in [5, 5.41) is 2.75. The van der Waals surface area contributed by atoms with Crippen LogP contribution in [0.1, 0.15) is 18.1 Å². The SMILES string of the molecule is COc1ccc(CCNC(=O)[C@@H](C)NS(=O)(=O)c2ccc(OC)c(C)c2)cc1. The lowest BCUT2D eigenvalue weighted by Crippen LogP contribution is -2.45. The van der Waals surface area contributed by atoms with Crippen molar-refractivity contribution in [3.63, 3.8) is 0 Å². The first kappa shape index (κ1) is 21.7. The van der Waals surface area contributed by atoms with Gasteiger partial charge in [-0.1, -0.05) is 12.1 Å². The van der Waals surface area contributed by atoms with E-state index in [0.717, 1.165) is 11.3 Å². The van der Waals surface area contributed by atoms with Gasteiger partial charge in [0.2, 0.25) is 15.9 Å². The molecule has 0 heterocycles. The van der Waals surface area contributed by atoms with Crippen molar-refractivity contribution in [2.24, 2.45) is 0 Å². The molecule has 2 N–H and O–H groups in total. The van der Waals surface area contributed by atoms with Crippen LogP contribution in [0.2, 0.25) is 0 Å². The van der Waals surface area contributed by atoms with Crippen molar-refractivity contribution in [2.75, 3.05) is 20.8 Å². The zero-order valence-electron chi connectivity index (χ0n) is 16.5. The predicted octanol–water partition coefficient (Wildman–Crippen LogP) is 2.04. The van der Waals surface area contributed by atoms with E-state index in [1.165, 1.54) is 26.2 Å². The summed E-state index contributed by atoms with van der Waals surface area (Å²) in [6, 6.07) is 11.2. The molecule has 1 atom stereocenters. The number of sulfonamides is 1. The molecule has 2 aromatic carbocycles. The Bertz CT molecular complexity index is 911. The number of benzene rings is 2. The third kappa shape index (κ3) is 5.71. The van der Waals surface area contributed by atoms with Crippen LogP contribution >= 0.6 is 0 Å². The summed E-state index contributed by atoms with van der Waals surface area (Å²) in [6.45, 7) is 3.67. The second-order valence-corrected chi connectivity index (χ2v) is 8.08. The number of rotatable bonds is 9. The summed E-state index contributed by atoms with van der Waals surface area (Å²) in [7, 11) is -0.694. The summed E-state index contributed by atoms with van der Waals surface area (Å²) in [5.41, 5.74) is 1.74. The average Bonchev–Trinajstić information content (AvgIpc) is 2.68. The number of carbonyl (C=O) groups is 1. The molecule has 28 heavy (non-hydrogen) atoms. The average molecular weight is 407 g/mol. The number of carbonyl (C=O) groups excluding carboxylic acids is 1. The van der Waals surface area contributed by atoms with Crippen molar-refractivity contribution < 1.29 is 22.7 Å². The van der Waals surface area contributed by atoms with E-state index in [9.17, 15) is 13.2 Å². The molecule has 0 aliphatic rings. The van der Waals surface area contributed by atoms with Gasteiger partial charge >= 0.3 is 0 Å². The molecule has 2 rings (SSSR count). The third-order valence-corrected chi connectivity index (χ3v) is 5.81. The molecule has 1 amide bonds. The Morgan fingerprint density at radius 1 is 1.07 bits per heavy atom. The van der Waals surface area contributed by atoms with Crippen LogP contribution in [0.5, 0.6) is 11.5 Å². The molecular formula is C20H26N2O5S. The molecule has 0 fully saturated rings. The maximum Gasteiger partial charge on any atom is 0.241 e. The zero-order chi connectivity index (χ0) is 20.7. The molecule has 0 unspecified atom stereocenters. The van der Waals surface area contributed by atoms with E-state index in [1.54, 1.807) is 20.1 Å². The van der Waals surface area contributed by atoms with Crippen LogP contribution in [0.4, 0.5) is 0 Å². The van der Waals surface area contributed by atoms with Crippen molar-refractivity contribution in [1.29, 1.82) is 0 Å². The lowest BCUT2D eigenvalue weighted by Gasteiger charge is -2.15. The zero-order valence-corrected chi connectivity index (χ0v) is 17.3. The molecule has 0 aliphatic heterocycles. The van der Waals surface area contributed by atoms with Crippen LogP contribution in [-0.4, -0.2) is 41.1 Å². The second-order valence-electron chi connectivity index (χ2n) is 6.36. The molecule has 0 saturated heterocycles.